The predicted octanol–water partition coefficient (Wildman–Crippen LogP) is 2.77. The van der Waals surface area contributed by atoms with E-state index in [2.05, 4.69) is 35.5 Å². The molecule has 2 aliphatic rings. The lowest BCUT2D eigenvalue weighted by Gasteiger charge is -2.39. The zero-order chi connectivity index (χ0) is 15.1. The summed E-state index contributed by atoms with van der Waals surface area (Å²) in [5, 5.41) is 0. The molecule has 21 heavy (non-hydrogen) atoms. The third kappa shape index (κ3) is 6.25. The SMILES string of the molecule is CCCN1CCN(CC2CCN(CCC(C)C)CC2)CC1. The Labute approximate surface area is 132 Å². The highest BCUT2D eigenvalue weighted by molar-refractivity contribution is 4.78. The molecule has 0 unspecified atom stereocenters. The van der Waals surface area contributed by atoms with Crippen LogP contribution in [0, 0.1) is 11.8 Å². The first-order chi connectivity index (χ1) is 10.2. The van der Waals surface area contributed by atoms with Crippen LogP contribution in [0.15, 0.2) is 0 Å². The average molecular weight is 296 g/mol. The second kappa shape index (κ2) is 9.12. The topological polar surface area (TPSA) is 9.72 Å². The Kier molecular flexibility index (Phi) is 7.48. The van der Waals surface area contributed by atoms with E-state index in [1.54, 1.807) is 0 Å². The Hall–Kier alpha value is -0.120. The minimum absolute atomic E-state index is 0.849. The Bertz CT molecular complexity index is 264. The number of rotatable bonds is 7. The van der Waals surface area contributed by atoms with E-state index >= 15 is 0 Å². The number of nitrogens with zero attached hydrogens (tertiary/aromatic N) is 3. The monoisotopic (exact) mass is 295 g/mol. The Morgan fingerprint density at radius 3 is 1.95 bits per heavy atom. The molecular formula is C18H37N3. The van der Waals surface area contributed by atoms with Crippen molar-refractivity contribution in [3.63, 3.8) is 0 Å². The number of hydrogen-bond acceptors (Lipinski definition) is 3. The van der Waals surface area contributed by atoms with Gasteiger partial charge in [-0.05, 0) is 63.7 Å². The molecule has 0 amide bonds. The van der Waals surface area contributed by atoms with E-state index in [4.69, 9.17) is 0 Å². The molecule has 2 fully saturated rings. The van der Waals surface area contributed by atoms with Crippen molar-refractivity contribution < 1.29 is 0 Å². The van der Waals surface area contributed by atoms with Gasteiger partial charge in [-0.3, -0.25) is 0 Å². The van der Waals surface area contributed by atoms with E-state index in [1.807, 2.05) is 0 Å². The van der Waals surface area contributed by atoms with Gasteiger partial charge in [0.15, 0.2) is 0 Å². The largest absolute Gasteiger partial charge is 0.303 e. The Balaban J connectivity index is 1.59. The first-order valence-corrected chi connectivity index (χ1v) is 9.34. The van der Waals surface area contributed by atoms with Gasteiger partial charge in [-0.25, -0.2) is 0 Å². The Morgan fingerprint density at radius 1 is 0.810 bits per heavy atom. The van der Waals surface area contributed by atoms with Crippen LogP contribution in [0.2, 0.25) is 0 Å². The van der Waals surface area contributed by atoms with Crippen LogP contribution in [0.1, 0.15) is 46.5 Å². The fourth-order valence-corrected chi connectivity index (χ4v) is 3.71. The fourth-order valence-electron chi connectivity index (χ4n) is 3.71. The van der Waals surface area contributed by atoms with E-state index in [0.29, 0.717) is 0 Å². The van der Waals surface area contributed by atoms with Gasteiger partial charge >= 0.3 is 0 Å². The fraction of sp³-hybridized carbons (Fsp3) is 1.00. The summed E-state index contributed by atoms with van der Waals surface area (Å²) >= 11 is 0. The summed E-state index contributed by atoms with van der Waals surface area (Å²) in [5.74, 6) is 1.81. The van der Waals surface area contributed by atoms with Gasteiger partial charge in [0.25, 0.3) is 0 Å². The van der Waals surface area contributed by atoms with Crippen molar-refractivity contribution in [2.75, 3.05) is 58.9 Å². The van der Waals surface area contributed by atoms with E-state index in [9.17, 15) is 0 Å². The lowest BCUT2D eigenvalue weighted by atomic mass is 9.95. The van der Waals surface area contributed by atoms with Crippen molar-refractivity contribution in [2.45, 2.75) is 46.5 Å². The molecule has 2 aliphatic heterocycles. The maximum absolute atomic E-state index is 2.72. The van der Waals surface area contributed by atoms with E-state index in [-0.39, 0.29) is 0 Å². The lowest BCUT2D eigenvalue weighted by molar-refractivity contribution is 0.0941. The lowest BCUT2D eigenvalue weighted by Crippen LogP contribution is -2.48. The van der Waals surface area contributed by atoms with Gasteiger partial charge in [0.2, 0.25) is 0 Å². The van der Waals surface area contributed by atoms with Crippen LogP contribution in [-0.2, 0) is 0 Å². The molecule has 0 aliphatic carbocycles. The van der Waals surface area contributed by atoms with E-state index < -0.39 is 0 Å². The van der Waals surface area contributed by atoms with Crippen molar-refractivity contribution in [3.8, 4) is 0 Å². The van der Waals surface area contributed by atoms with Crippen LogP contribution < -0.4 is 0 Å². The van der Waals surface area contributed by atoms with Crippen molar-refractivity contribution >= 4 is 0 Å². The smallest absolute Gasteiger partial charge is 0.0110 e. The summed E-state index contributed by atoms with van der Waals surface area (Å²) in [6.45, 7) is 18.8. The van der Waals surface area contributed by atoms with Crippen LogP contribution in [0.3, 0.4) is 0 Å². The second-order valence-corrected chi connectivity index (χ2v) is 7.61. The highest BCUT2D eigenvalue weighted by atomic mass is 15.3. The molecule has 2 saturated heterocycles. The molecule has 0 N–H and O–H groups in total. The number of likely N-dealkylation sites (tertiary alicyclic amines) is 1. The zero-order valence-corrected chi connectivity index (χ0v) is 14.7. The van der Waals surface area contributed by atoms with E-state index in [1.165, 1.54) is 84.6 Å². The summed E-state index contributed by atoms with van der Waals surface area (Å²) in [7, 11) is 0. The van der Waals surface area contributed by atoms with Gasteiger partial charge in [0, 0.05) is 32.7 Å². The number of piperazine rings is 1. The van der Waals surface area contributed by atoms with Crippen LogP contribution in [0.4, 0.5) is 0 Å². The summed E-state index contributed by atoms with van der Waals surface area (Å²) in [6, 6.07) is 0. The first kappa shape index (κ1) is 17.2. The normalized spacial score (nSPS) is 24.0. The van der Waals surface area contributed by atoms with Crippen molar-refractivity contribution in [1.82, 2.24) is 14.7 Å². The van der Waals surface area contributed by atoms with E-state index in [0.717, 1.165) is 11.8 Å². The molecule has 0 radical (unpaired) electrons. The molecule has 3 heteroatoms. The third-order valence-electron chi connectivity index (χ3n) is 5.25. The molecular weight excluding hydrogens is 258 g/mol. The van der Waals surface area contributed by atoms with Crippen molar-refractivity contribution in [2.24, 2.45) is 11.8 Å². The Morgan fingerprint density at radius 2 is 1.38 bits per heavy atom. The van der Waals surface area contributed by atoms with Crippen LogP contribution in [0.5, 0.6) is 0 Å². The molecule has 0 aromatic carbocycles. The quantitative estimate of drug-likeness (QED) is 0.715. The molecule has 0 aromatic heterocycles. The molecule has 2 heterocycles. The van der Waals surface area contributed by atoms with Gasteiger partial charge < -0.3 is 14.7 Å². The highest BCUT2D eigenvalue weighted by Gasteiger charge is 2.23. The van der Waals surface area contributed by atoms with Crippen LogP contribution in [0.25, 0.3) is 0 Å². The first-order valence-electron chi connectivity index (χ1n) is 9.34. The average Bonchev–Trinajstić information content (AvgIpc) is 2.49. The van der Waals surface area contributed by atoms with Gasteiger partial charge in [0.05, 0.1) is 0 Å². The van der Waals surface area contributed by atoms with Gasteiger partial charge in [-0.15, -0.1) is 0 Å². The maximum atomic E-state index is 2.72. The maximum Gasteiger partial charge on any atom is 0.0110 e. The van der Waals surface area contributed by atoms with Gasteiger partial charge in [-0.1, -0.05) is 20.8 Å². The standard InChI is InChI=1S/C18H37N3/c1-4-8-19-12-14-21(15-13-19)16-18-6-10-20(11-7-18)9-5-17(2)3/h17-18H,4-16H2,1-3H3. The minimum Gasteiger partial charge on any atom is -0.303 e. The summed E-state index contributed by atoms with van der Waals surface area (Å²) in [4.78, 5) is 8.04. The molecule has 0 spiro atoms. The molecule has 3 nitrogen and oxygen atoms in total. The summed E-state index contributed by atoms with van der Waals surface area (Å²) < 4.78 is 0. The van der Waals surface area contributed by atoms with Gasteiger partial charge in [-0.2, -0.15) is 0 Å². The summed E-state index contributed by atoms with van der Waals surface area (Å²) in [5.41, 5.74) is 0. The molecule has 0 saturated carbocycles. The molecule has 0 bridgehead atoms. The number of piperidine rings is 1. The van der Waals surface area contributed by atoms with Crippen LogP contribution >= 0.6 is 0 Å². The predicted molar refractivity (Wildman–Crippen MR) is 91.8 cm³/mol. The third-order valence-corrected chi connectivity index (χ3v) is 5.25. The summed E-state index contributed by atoms with van der Waals surface area (Å²) in [6.07, 6.45) is 5.51. The number of hydrogen-bond donors (Lipinski definition) is 0. The van der Waals surface area contributed by atoms with Gasteiger partial charge in [0.1, 0.15) is 0 Å². The molecule has 0 atom stereocenters. The minimum atomic E-state index is 0.849. The molecule has 2 rings (SSSR count). The van der Waals surface area contributed by atoms with Crippen molar-refractivity contribution in [3.05, 3.63) is 0 Å². The zero-order valence-electron chi connectivity index (χ0n) is 14.7. The van der Waals surface area contributed by atoms with Crippen molar-refractivity contribution in [1.29, 1.82) is 0 Å². The molecule has 0 aromatic rings. The molecule has 124 valence electrons. The second-order valence-electron chi connectivity index (χ2n) is 7.61. The van der Waals surface area contributed by atoms with Crippen LogP contribution in [-0.4, -0.2) is 73.6 Å². The highest BCUT2D eigenvalue weighted by Crippen LogP contribution is 2.20.